The number of carbonyl (C=O) groups excluding carboxylic acids is 1. The molecule has 0 bridgehead atoms. The van der Waals surface area contributed by atoms with Crippen molar-refractivity contribution < 1.29 is 4.79 Å². The molecule has 7 heteroatoms. The molecule has 130 valence electrons. The van der Waals surface area contributed by atoms with E-state index < -0.39 is 0 Å². The topological polar surface area (TPSA) is 58.1 Å². The molecule has 1 saturated heterocycles. The van der Waals surface area contributed by atoms with Crippen molar-refractivity contribution in [2.45, 2.75) is 0 Å². The molecule has 1 aliphatic rings. The normalized spacial score (nSPS) is 15.0. The molecule has 1 fully saturated rings. The highest BCUT2D eigenvalue weighted by atomic mass is 32.2. The van der Waals surface area contributed by atoms with Crippen molar-refractivity contribution in [2.24, 2.45) is 0 Å². The Morgan fingerprint density at radius 1 is 1.04 bits per heavy atom. The summed E-state index contributed by atoms with van der Waals surface area (Å²) in [5, 5.41) is 4.07. The number of para-hydroxylation sites is 2. The Balaban J connectivity index is 1.54. The summed E-state index contributed by atoms with van der Waals surface area (Å²) < 4.78 is 1.13. The van der Waals surface area contributed by atoms with E-state index in [0.717, 1.165) is 61.7 Å². The number of anilines is 1. The third-order valence-electron chi connectivity index (χ3n) is 4.53. The molecule has 2 aromatic heterocycles. The first-order valence-corrected chi connectivity index (χ1v) is 10.5. The molecule has 3 heterocycles. The van der Waals surface area contributed by atoms with Gasteiger partial charge in [0.2, 0.25) is 0 Å². The Hall–Kier alpha value is -2.38. The summed E-state index contributed by atoms with van der Waals surface area (Å²) >= 11 is 3.52. The molecule has 26 heavy (non-hydrogen) atoms. The molecule has 2 amide bonds. The highest BCUT2D eigenvalue weighted by Crippen LogP contribution is 2.34. The second-order valence-corrected chi connectivity index (χ2v) is 8.46. The fourth-order valence-corrected chi connectivity index (χ4v) is 5.09. The average Bonchev–Trinajstić information content (AvgIpc) is 3.03. The van der Waals surface area contributed by atoms with Crippen LogP contribution < -0.4 is 5.32 Å². The molecule has 0 radical (unpaired) electrons. The largest absolute Gasteiger partial charge is 0.323 e. The first-order valence-electron chi connectivity index (χ1n) is 8.51. The van der Waals surface area contributed by atoms with Crippen molar-refractivity contribution in [2.75, 3.05) is 29.9 Å². The summed E-state index contributed by atoms with van der Waals surface area (Å²) in [7, 11) is 0. The Kier molecular flexibility index (Phi) is 3.90. The lowest BCUT2D eigenvalue weighted by molar-refractivity contribution is 0.217. The van der Waals surface area contributed by atoms with E-state index in [4.69, 9.17) is 9.97 Å². The number of benzene rings is 2. The van der Waals surface area contributed by atoms with Crippen LogP contribution in [-0.2, 0) is 0 Å². The van der Waals surface area contributed by atoms with E-state index in [-0.39, 0.29) is 6.03 Å². The molecular formula is C19H16N4OS2. The molecule has 0 atom stereocenters. The second kappa shape index (κ2) is 6.41. The van der Waals surface area contributed by atoms with Crippen LogP contribution in [0.2, 0.25) is 0 Å². The van der Waals surface area contributed by atoms with Crippen molar-refractivity contribution in [3.8, 4) is 0 Å². The first kappa shape index (κ1) is 15.8. The predicted molar refractivity (Wildman–Crippen MR) is 110 cm³/mol. The summed E-state index contributed by atoms with van der Waals surface area (Å²) in [6.07, 6.45) is 0. The monoisotopic (exact) mass is 380 g/mol. The summed E-state index contributed by atoms with van der Waals surface area (Å²) in [5.41, 5.74) is 3.49. The first-order chi connectivity index (χ1) is 12.8. The lowest BCUT2D eigenvalue weighted by atomic mass is 10.2. The van der Waals surface area contributed by atoms with E-state index in [2.05, 4.69) is 5.32 Å². The highest BCUT2D eigenvalue weighted by molar-refractivity contribution is 7.99. The minimum atomic E-state index is -0.0271. The van der Waals surface area contributed by atoms with Crippen LogP contribution in [0.3, 0.4) is 0 Å². The lowest BCUT2D eigenvalue weighted by Gasteiger charge is -2.26. The minimum absolute atomic E-state index is 0.0271. The van der Waals surface area contributed by atoms with Crippen LogP contribution in [0.5, 0.6) is 0 Å². The van der Waals surface area contributed by atoms with Gasteiger partial charge in [0.15, 0.2) is 0 Å². The van der Waals surface area contributed by atoms with Gasteiger partial charge in [-0.15, -0.1) is 11.3 Å². The van der Waals surface area contributed by atoms with Crippen molar-refractivity contribution in [1.29, 1.82) is 0 Å². The quantitative estimate of drug-likeness (QED) is 0.525. The van der Waals surface area contributed by atoms with Gasteiger partial charge in [-0.25, -0.2) is 14.8 Å². The summed E-state index contributed by atoms with van der Waals surface area (Å²) in [6, 6.07) is 13.9. The molecule has 0 unspecified atom stereocenters. The summed E-state index contributed by atoms with van der Waals surface area (Å²) in [6.45, 7) is 1.61. The van der Waals surface area contributed by atoms with Crippen LogP contribution in [0.4, 0.5) is 10.5 Å². The van der Waals surface area contributed by atoms with E-state index in [1.54, 1.807) is 11.3 Å². The average molecular weight is 380 g/mol. The highest BCUT2D eigenvalue weighted by Gasteiger charge is 2.17. The van der Waals surface area contributed by atoms with E-state index in [9.17, 15) is 4.79 Å². The van der Waals surface area contributed by atoms with Crippen LogP contribution >= 0.6 is 23.1 Å². The standard InChI is InChI=1S/C19H16N4OS2/c24-19(23-7-9-25-10-8-23)20-12-5-6-16-13(11-12)17-18(26-16)22-15-4-2-1-3-14(15)21-17/h1-6,11H,7-10H2,(H,20,24). The van der Waals surface area contributed by atoms with E-state index >= 15 is 0 Å². The number of rotatable bonds is 1. The maximum atomic E-state index is 12.5. The zero-order valence-corrected chi connectivity index (χ0v) is 15.6. The zero-order valence-electron chi connectivity index (χ0n) is 13.9. The van der Waals surface area contributed by atoms with Gasteiger partial charge in [0, 0.05) is 40.4 Å². The Labute approximate surface area is 158 Å². The number of nitrogens with one attached hydrogen (secondary N) is 1. The van der Waals surface area contributed by atoms with Crippen LogP contribution in [0.1, 0.15) is 0 Å². The number of thioether (sulfide) groups is 1. The molecule has 0 saturated carbocycles. The number of urea groups is 1. The van der Waals surface area contributed by atoms with Crippen LogP contribution in [0, 0.1) is 0 Å². The number of hydrogen-bond acceptors (Lipinski definition) is 5. The number of fused-ring (bicyclic) bond motifs is 4. The SMILES string of the molecule is O=C(Nc1ccc2sc3nc4ccccc4nc3c2c1)N1CCSCC1. The fraction of sp³-hybridized carbons (Fsp3) is 0.211. The molecule has 0 aliphatic carbocycles. The Morgan fingerprint density at radius 2 is 1.81 bits per heavy atom. The van der Waals surface area contributed by atoms with Gasteiger partial charge < -0.3 is 10.2 Å². The third kappa shape index (κ3) is 2.77. The van der Waals surface area contributed by atoms with Gasteiger partial charge in [0.1, 0.15) is 10.3 Å². The van der Waals surface area contributed by atoms with Gasteiger partial charge >= 0.3 is 6.03 Å². The predicted octanol–water partition coefficient (Wildman–Crippen LogP) is 4.58. The Bertz CT molecular complexity index is 1130. The van der Waals surface area contributed by atoms with Crippen molar-refractivity contribution in [3.63, 3.8) is 0 Å². The number of thiophene rings is 1. The van der Waals surface area contributed by atoms with Gasteiger partial charge in [0.25, 0.3) is 0 Å². The maximum Gasteiger partial charge on any atom is 0.321 e. The van der Waals surface area contributed by atoms with Crippen molar-refractivity contribution in [3.05, 3.63) is 42.5 Å². The van der Waals surface area contributed by atoms with Gasteiger partial charge in [-0.1, -0.05) is 12.1 Å². The molecular weight excluding hydrogens is 364 g/mol. The van der Waals surface area contributed by atoms with Gasteiger partial charge in [0.05, 0.1) is 11.0 Å². The van der Waals surface area contributed by atoms with Gasteiger partial charge in [-0.3, -0.25) is 0 Å². The number of carbonyl (C=O) groups is 1. The molecule has 2 aromatic carbocycles. The van der Waals surface area contributed by atoms with E-state index in [0.29, 0.717) is 0 Å². The van der Waals surface area contributed by atoms with Crippen LogP contribution in [0.25, 0.3) is 31.5 Å². The summed E-state index contributed by atoms with van der Waals surface area (Å²) in [4.78, 5) is 24.8. The molecule has 5 rings (SSSR count). The molecule has 0 spiro atoms. The van der Waals surface area contributed by atoms with Gasteiger partial charge in [-0.05, 0) is 30.3 Å². The lowest BCUT2D eigenvalue weighted by Crippen LogP contribution is -2.40. The van der Waals surface area contributed by atoms with Crippen LogP contribution in [0.15, 0.2) is 42.5 Å². The number of hydrogen-bond donors (Lipinski definition) is 1. The second-order valence-electron chi connectivity index (χ2n) is 6.21. The third-order valence-corrected chi connectivity index (χ3v) is 6.53. The number of aromatic nitrogens is 2. The van der Waals surface area contributed by atoms with E-state index in [1.807, 2.05) is 59.1 Å². The Morgan fingerprint density at radius 3 is 2.62 bits per heavy atom. The fourth-order valence-electron chi connectivity index (χ4n) is 3.19. The number of nitrogens with zero attached hydrogens (tertiary/aromatic N) is 3. The molecule has 5 nitrogen and oxygen atoms in total. The van der Waals surface area contributed by atoms with Crippen molar-refractivity contribution >= 4 is 66.3 Å². The maximum absolute atomic E-state index is 12.5. The van der Waals surface area contributed by atoms with E-state index in [1.165, 1.54) is 0 Å². The minimum Gasteiger partial charge on any atom is -0.323 e. The zero-order chi connectivity index (χ0) is 17.5. The van der Waals surface area contributed by atoms with Crippen LogP contribution in [-0.4, -0.2) is 45.5 Å². The number of amides is 2. The molecule has 1 aliphatic heterocycles. The smallest absolute Gasteiger partial charge is 0.321 e. The van der Waals surface area contributed by atoms with Crippen molar-refractivity contribution in [1.82, 2.24) is 14.9 Å². The molecule has 4 aromatic rings. The molecule has 1 N–H and O–H groups in total. The van der Waals surface area contributed by atoms with Gasteiger partial charge in [-0.2, -0.15) is 11.8 Å². The summed E-state index contributed by atoms with van der Waals surface area (Å²) in [5.74, 6) is 2.01.